The van der Waals surface area contributed by atoms with Gasteiger partial charge in [0.25, 0.3) is 0 Å². The van der Waals surface area contributed by atoms with Crippen LogP contribution in [0.5, 0.6) is 5.88 Å². The van der Waals surface area contributed by atoms with E-state index < -0.39 is 22.9 Å². The molecule has 3 heterocycles. The summed E-state index contributed by atoms with van der Waals surface area (Å²) in [6.07, 6.45) is 7.34. The molecule has 2 aromatic heterocycles. The van der Waals surface area contributed by atoms with Crippen molar-refractivity contribution in [2.45, 2.75) is 89.4 Å². The van der Waals surface area contributed by atoms with Crippen molar-refractivity contribution >= 4 is 17.1 Å². The van der Waals surface area contributed by atoms with E-state index >= 15 is 4.39 Å². The van der Waals surface area contributed by atoms with Gasteiger partial charge in [0.15, 0.2) is 0 Å². The van der Waals surface area contributed by atoms with E-state index in [-0.39, 0.29) is 18.2 Å². The van der Waals surface area contributed by atoms with Gasteiger partial charge in [0, 0.05) is 11.6 Å². The molecule has 1 saturated heterocycles. The zero-order valence-electron chi connectivity index (χ0n) is 21.8. The summed E-state index contributed by atoms with van der Waals surface area (Å²) in [4.78, 5) is 21.1. The highest BCUT2D eigenvalue weighted by atomic mass is 19.1. The molecule has 1 amide bonds. The Labute approximate surface area is 216 Å². The van der Waals surface area contributed by atoms with Crippen molar-refractivity contribution in [2.75, 3.05) is 13.2 Å². The summed E-state index contributed by atoms with van der Waals surface area (Å²) in [5.74, 6) is 0.280. The summed E-state index contributed by atoms with van der Waals surface area (Å²) in [5, 5.41) is 12.3. The Bertz CT molecular complexity index is 1220. The molecule has 198 valence electrons. The van der Waals surface area contributed by atoms with Crippen LogP contribution in [-0.4, -0.2) is 46.5 Å². The first-order valence-electron chi connectivity index (χ1n) is 13.2. The molecule has 5 rings (SSSR count). The van der Waals surface area contributed by atoms with Crippen LogP contribution in [0.25, 0.3) is 11.0 Å². The smallest absolute Gasteiger partial charge is 0.407 e. The molecule has 0 aromatic carbocycles. The molecule has 9 heteroatoms. The molecule has 3 unspecified atom stereocenters. The molecule has 2 saturated carbocycles. The summed E-state index contributed by atoms with van der Waals surface area (Å²) in [6, 6.07) is 5.72. The number of aryl methyl sites for hydroxylation is 1. The first-order valence-corrected chi connectivity index (χ1v) is 13.2. The van der Waals surface area contributed by atoms with E-state index in [2.05, 4.69) is 21.4 Å². The van der Waals surface area contributed by atoms with E-state index in [1.54, 1.807) is 12.1 Å². The number of halogens is 1. The molecule has 3 aliphatic rings. The Morgan fingerprint density at radius 2 is 2.14 bits per heavy atom. The Balaban J connectivity index is 1.27. The molecule has 2 bridgehead atoms. The number of ether oxygens (including phenoxy) is 3. The minimum Gasteiger partial charge on any atom is -0.476 e. The van der Waals surface area contributed by atoms with Crippen LogP contribution in [0.2, 0.25) is 0 Å². The van der Waals surface area contributed by atoms with Crippen molar-refractivity contribution in [3.8, 4) is 11.9 Å². The third-order valence-corrected chi connectivity index (χ3v) is 7.84. The Morgan fingerprint density at radius 3 is 2.86 bits per heavy atom. The van der Waals surface area contributed by atoms with Gasteiger partial charge in [0.05, 0.1) is 47.0 Å². The molecule has 3 fully saturated rings. The van der Waals surface area contributed by atoms with Crippen molar-refractivity contribution in [1.29, 1.82) is 5.26 Å². The number of nitriles is 1. The van der Waals surface area contributed by atoms with Crippen molar-refractivity contribution < 1.29 is 23.4 Å². The molecule has 0 spiro atoms. The average molecular weight is 511 g/mol. The second kappa shape index (κ2) is 9.71. The predicted octanol–water partition coefficient (Wildman–Crippen LogP) is 5.24. The minimum absolute atomic E-state index is 0.0914. The van der Waals surface area contributed by atoms with Crippen molar-refractivity contribution in [3.63, 3.8) is 0 Å². The molecule has 2 aromatic rings. The van der Waals surface area contributed by atoms with Crippen molar-refractivity contribution in [3.05, 3.63) is 29.7 Å². The number of aromatic nitrogens is 2. The average Bonchev–Trinajstić information content (AvgIpc) is 3.64. The van der Waals surface area contributed by atoms with Crippen LogP contribution in [0, 0.1) is 28.5 Å². The third kappa shape index (κ3) is 5.80. The third-order valence-electron chi connectivity index (χ3n) is 7.84. The van der Waals surface area contributed by atoms with E-state index in [4.69, 9.17) is 14.2 Å². The molecular formula is C28H35FN4O4. The lowest BCUT2D eigenvalue weighted by molar-refractivity contribution is -0.139. The number of pyridine rings is 2. The van der Waals surface area contributed by atoms with Crippen LogP contribution in [0.3, 0.4) is 0 Å². The van der Waals surface area contributed by atoms with Gasteiger partial charge in [-0.15, -0.1) is 0 Å². The Hall–Kier alpha value is -2.99. The summed E-state index contributed by atoms with van der Waals surface area (Å²) in [5.41, 5.74) is 0.285. The molecule has 1 N–H and O–H groups in total. The van der Waals surface area contributed by atoms with Gasteiger partial charge in [-0.3, -0.25) is 4.98 Å². The fourth-order valence-corrected chi connectivity index (χ4v) is 5.56. The van der Waals surface area contributed by atoms with Gasteiger partial charge in [-0.1, -0.05) is 6.42 Å². The minimum atomic E-state index is -0.554. The van der Waals surface area contributed by atoms with E-state index in [1.807, 2.05) is 20.8 Å². The number of carbonyl (C=O) groups excluding carboxylic acids is 1. The first kappa shape index (κ1) is 25.7. The van der Waals surface area contributed by atoms with Gasteiger partial charge >= 0.3 is 6.09 Å². The molecule has 8 nitrogen and oxygen atoms in total. The number of nitrogens with one attached hydrogen (secondary N) is 1. The van der Waals surface area contributed by atoms with Gasteiger partial charge in [0.2, 0.25) is 5.88 Å². The predicted molar refractivity (Wildman–Crippen MR) is 134 cm³/mol. The number of nitrogens with zero attached hydrogens (tertiary/aromatic N) is 3. The van der Waals surface area contributed by atoms with Gasteiger partial charge in [-0.25, -0.2) is 14.2 Å². The second-order valence-corrected chi connectivity index (χ2v) is 11.9. The van der Waals surface area contributed by atoms with E-state index in [9.17, 15) is 10.1 Å². The summed E-state index contributed by atoms with van der Waals surface area (Å²) >= 11 is 0. The van der Waals surface area contributed by atoms with E-state index in [1.165, 1.54) is 6.20 Å². The zero-order valence-corrected chi connectivity index (χ0v) is 21.8. The monoisotopic (exact) mass is 510 g/mol. The van der Waals surface area contributed by atoms with Gasteiger partial charge in [0.1, 0.15) is 18.0 Å². The van der Waals surface area contributed by atoms with Gasteiger partial charge in [-0.2, -0.15) is 5.26 Å². The number of rotatable bonds is 7. The van der Waals surface area contributed by atoms with Gasteiger partial charge in [-0.05, 0) is 77.7 Å². The maximum absolute atomic E-state index is 15.0. The van der Waals surface area contributed by atoms with Crippen LogP contribution in [0.1, 0.15) is 71.3 Å². The molecule has 0 radical (unpaired) electrons. The number of carbonyl (C=O) groups is 1. The van der Waals surface area contributed by atoms with Crippen LogP contribution in [0.4, 0.5) is 9.18 Å². The molecule has 3 atom stereocenters. The lowest BCUT2D eigenvalue weighted by Crippen LogP contribution is -2.56. The largest absolute Gasteiger partial charge is 0.476 e. The maximum atomic E-state index is 15.0. The summed E-state index contributed by atoms with van der Waals surface area (Å²) in [7, 11) is 0. The zero-order chi connectivity index (χ0) is 26.3. The molecular weight excluding hydrogens is 475 g/mol. The molecule has 2 aliphatic carbocycles. The molecule has 1 aliphatic heterocycles. The standard InChI is InChI=1S/C28H35FN4O4/c1-26(2,3)37-25(34)32-22-15-36-28(9-4-5-18(22)13-28)10-8-19-20(29)14-31-21-6-7-23(33-24(19)21)35-17-27(16-30)11-12-27/h6-7,14,18,22H,4-5,8-13,15,17H2,1-3H3,(H,32,34). The highest BCUT2D eigenvalue weighted by Gasteiger charge is 2.46. The van der Waals surface area contributed by atoms with Gasteiger partial charge < -0.3 is 19.5 Å². The number of fused-ring (bicyclic) bond motifs is 3. The van der Waals surface area contributed by atoms with Crippen LogP contribution in [-0.2, 0) is 15.9 Å². The van der Waals surface area contributed by atoms with Crippen LogP contribution in [0.15, 0.2) is 18.3 Å². The Kier molecular flexibility index (Phi) is 6.73. The highest BCUT2D eigenvalue weighted by Crippen LogP contribution is 2.45. The maximum Gasteiger partial charge on any atom is 0.407 e. The SMILES string of the molecule is CC(C)(C)OC(=O)NC1COC2(CCc3c(F)cnc4ccc(OCC5(C#N)CC5)nc34)CCCC1C2. The fraction of sp³-hybridized carbons (Fsp3) is 0.643. The van der Waals surface area contributed by atoms with Crippen LogP contribution < -0.4 is 10.1 Å². The van der Waals surface area contributed by atoms with Crippen LogP contribution >= 0.6 is 0 Å². The lowest BCUT2D eigenvalue weighted by atomic mass is 9.71. The summed E-state index contributed by atoms with van der Waals surface area (Å²) in [6.45, 7) is 6.24. The lowest BCUT2D eigenvalue weighted by Gasteiger charge is -2.48. The normalized spacial score (nSPS) is 26.2. The number of hydrogen-bond donors (Lipinski definition) is 1. The first-order chi connectivity index (χ1) is 17.6. The van der Waals surface area contributed by atoms with E-state index in [0.29, 0.717) is 47.8 Å². The second-order valence-electron chi connectivity index (χ2n) is 11.9. The number of alkyl carbamates (subject to hydrolysis) is 1. The Morgan fingerprint density at radius 1 is 1.32 bits per heavy atom. The number of hydrogen-bond acceptors (Lipinski definition) is 7. The summed E-state index contributed by atoms with van der Waals surface area (Å²) < 4.78 is 32.6. The number of amides is 1. The highest BCUT2D eigenvalue weighted by molar-refractivity contribution is 5.78. The van der Waals surface area contributed by atoms with E-state index in [0.717, 1.165) is 38.5 Å². The molecule has 37 heavy (non-hydrogen) atoms. The fourth-order valence-electron chi connectivity index (χ4n) is 5.56. The topological polar surface area (TPSA) is 106 Å². The van der Waals surface area contributed by atoms with Crippen molar-refractivity contribution in [1.82, 2.24) is 15.3 Å². The van der Waals surface area contributed by atoms with Crippen molar-refractivity contribution in [2.24, 2.45) is 11.3 Å². The quantitative estimate of drug-likeness (QED) is 0.543.